The van der Waals surface area contributed by atoms with Crippen LogP contribution in [0.3, 0.4) is 0 Å². The summed E-state index contributed by atoms with van der Waals surface area (Å²) in [5.41, 5.74) is 1.45. The van der Waals surface area contributed by atoms with Crippen molar-refractivity contribution in [3.8, 4) is 0 Å². The second-order valence-electron chi connectivity index (χ2n) is 4.96. The molecule has 0 bridgehead atoms. The zero-order valence-electron chi connectivity index (χ0n) is 9.07. The second kappa shape index (κ2) is 2.75. The highest BCUT2D eigenvalue weighted by molar-refractivity contribution is 5.51. The number of fused-ring (bicyclic) bond motifs is 1. The number of anilines is 1. The average Bonchev–Trinajstić information content (AvgIpc) is 2.66. The molecule has 2 heterocycles. The molecule has 1 N–H and O–H groups in total. The van der Waals surface area contributed by atoms with Crippen LogP contribution in [0, 0.1) is 5.41 Å². The van der Waals surface area contributed by atoms with Crippen LogP contribution in [0.1, 0.15) is 20.3 Å². The number of hydrogen-bond donors (Lipinski definition) is 1. The Hall–Kier alpha value is -1.51. The molecule has 3 heteroatoms. The molecule has 1 aliphatic carbocycles. The first-order valence-electron chi connectivity index (χ1n) is 5.35. The number of hydrogen-bond acceptors (Lipinski definition) is 2. The molecular formula is C12H15N3. The van der Waals surface area contributed by atoms with E-state index in [4.69, 9.17) is 0 Å². The van der Waals surface area contributed by atoms with Gasteiger partial charge in [0.1, 0.15) is 11.5 Å². The maximum atomic E-state index is 4.27. The minimum atomic E-state index is 0.447. The van der Waals surface area contributed by atoms with Crippen LogP contribution < -0.4 is 5.32 Å². The van der Waals surface area contributed by atoms with E-state index in [9.17, 15) is 0 Å². The molecule has 15 heavy (non-hydrogen) atoms. The Morgan fingerprint density at radius 1 is 1.47 bits per heavy atom. The van der Waals surface area contributed by atoms with E-state index in [2.05, 4.69) is 34.6 Å². The molecule has 1 aliphatic rings. The third-order valence-electron chi connectivity index (χ3n) is 3.26. The van der Waals surface area contributed by atoms with Crippen molar-refractivity contribution in [1.29, 1.82) is 0 Å². The lowest BCUT2D eigenvalue weighted by atomic mass is 10.2. The molecule has 3 nitrogen and oxygen atoms in total. The topological polar surface area (TPSA) is 29.3 Å². The van der Waals surface area contributed by atoms with Gasteiger partial charge < -0.3 is 5.32 Å². The van der Waals surface area contributed by atoms with Crippen LogP contribution in [0.5, 0.6) is 0 Å². The van der Waals surface area contributed by atoms with Crippen molar-refractivity contribution in [2.75, 3.05) is 5.32 Å². The van der Waals surface area contributed by atoms with Gasteiger partial charge in [0, 0.05) is 18.4 Å². The number of imidazole rings is 1. The fourth-order valence-corrected chi connectivity index (χ4v) is 1.96. The summed E-state index contributed by atoms with van der Waals surface area (Å²) in [5, 5.41) is 3.56. The molecule has 2 aromatic rings. The Morgan fingerprint density at radius 3 is 3.00 bits per heavy atom. The van der Waals surface area contributed by atoms with Gasteiger partial charge in [0.2, 0.25) is 0 Å². The van der Waals surface area contributed by atoms with E-state index in [0.29, 0.717) is 11.5 Å². The fourth-order valence-electron chi connectivity index (χ4n) is 1.96. The van der Waals surface area contributed by atoms with Gasteiger partial charge in [-0.25, -0.2) is 4.98 Å². The van der Waals surface area contributed by atoms with E-state index in [0.717, 1.165) is 11.5 Å². The monoisotopic (exact) mass is 201 g/mol. The van der Waals surface area contributed by atoms with Gasteiger partial charge in [-0.2, -0.15) is 0 Å². The number of pyridine rings is 1. The fraction of sp³-hybridized carbons (Fsp3) is 0.417. The summed E-state index contributed by atoms with van der Waals surface area (Å²) < 4.78 is 2.09. The van der Waals surface area contributed by atoms with E-state index < -0.39 is 0 Å². The maximum Gasteiger partial charge on any atom is 0.138 e. The molecule has 1 saturated carbocycles. The van der Waals surface area contributed by atoms with Crippen LogP contribution in [0.2, 0.25) is 0 Å². The summed E-state index contributed by atoms with van der Waals surface area (Å²) in [5.74, 6) is 1.14. The van der Waals surface area contributed by atoms with Crippen molar-refractivity contribution < 1.29 is 0 Å². The molecular weight excluding hydrogens is 186 g/mol. The quantitative estimate of drug-likeness (QED) is 0.809. The van der Waals surface area contributed by atoms with E-state index in [-0.39, 0.29) is 0 Å². The molecule has 0 saturated heterocycles. The summed E-state index contributed by atoms with van der Waals surface area (Å²) in [6.07, 6.45) is 5.07. The lowest BCUT2D eigenvalue weighted by molar-refractivity contribution is 0.629. The normalized spacial score (nSPS) is 22.9. The largest absolute Gasteiger partial charge is 0.368 e. The average molecular weight is 201 g/mol. The molecule has 0 amide bonds. The van der Waals surface area contributed by atoms with Crippen molar-refractivity contribution in [3.05, 3.63) is 30.6 Å². The maximum absolute atomic E-state index is 4.27. The SMILES string of the molecule is CC1(C)CC1Nc1cccc2nccn12. The van der Waals surface area contributed by atoms with Crippen molar-refractivity contribution in [2.45, 2.75) is 26.3 Å². The van der Waals surface area contributed by atoms with E-state index in [1.54, 1.807) is 0 Å². The molecule has 0 aliphatic heterocycles. The zero-order chi connectivity index (χ0) is 10.5. The van der Waals surface area contributed by atoms with Gasteiger partial charge in [-0.3, -0.25) is 4.40 Å². The van der Waals surface area contributed by atoms with Gasteiger partial charge in [0.15, 0.2) is 0 Å². The molecule has 1 unspecified atom stereocenters. The van der Waals surface area contributed by atoms with Gasteiger partial charge in [-0.05, 0) is 24.0 Å². The summed E-state index contributed by atoms with van der Waals surface area (Å²) in [6.45, 7) is 4.58. The minimum Gasteiger partial charge on any atom is -0.368 e. The van der Waals surface area contributed by atoms with Crippen LogP contribution >= 0.6 is 0 Å². The summed E-state index contributed by atoms with van der Waals surface area (Å²) in [6, 6.07) is 6.76. The Bertz CT molecular complexity index is 498. The van der Waals surface area contributed by atoms with E-state index >= 15 is 0 Å². The third kappa shape index (κ3) is 1.39. The molecule has 1 fully saturated rings. The minimum absolute atomic E-state index is 0.447. The van der Waals surface area contributed by atoms with Gasteiger partial charge in [0.25, 0.3) is 0 Å². The number of rotatable bonds is 2. The first-order valence-corrected chi connectivity index (χ1v) is 5.35. The van der Waals surface area contributed by atoms with Crippen LogP contribution in [-0.4, -0.2) is 15.4 Å². The Morgan fingerprint density at radius 2 is 2.27 bits per heavy atom. The van der Waals surface area contributed by atoms with Crippen LogP contribution in [0.25, 0.3) is 5.65 Å². The number of nitrogens with one attached hydrogen (secondary N) is 1. The molecule has 0 radical (unpaired) electrons. The lowest BCUT2D eigenvalue weighted by Gasteiger charge is -2.10. The van der Waals surface area contributed by atoms with Gasteiger partial charge >= 0.3 is 0 Å². The number of aromatic nitrogens is 2. The van der Waals surface area contributed by atoms with Gasteiger partial charge in [0.05, 0.1) is 0 Å². The van der Waals surface area contributed by atoms with Crippen LogP contribution in [0.15, 0.2) is 30.6 Å². The van der Waals surface area contributed by atoms with Crippen molar-refractivity contribution in [1.82, 2.24) is 9.38 Å². The first kappa shape index (κ1) is 8.77. The van der Waals surface area contributed by atoms with Crippen LogP contribution in [-0.2, 0) is 0 Å². The summed E-state index contributed by atoms with van der Waals surface area (Å²) in [7, 11) is 0. The van der Waals surface area contributed by atoms with E-state index in [1.165, 1.54) is 6.42 Å². The molecule has 1 atom stereocenters. The van der Waals surface area contributed by atoms with Crippen molar-refractivity contribution >= 4 is 11.5 Å². The Balaban J connectivity index is 1.94. The van der Waals surface area contributed by atoms with Crippen LogP contribution in [0.4, 0.5) is 5.82 Å². The summed E-state index contributed by atoms with van der Waals surface area (Å²) in [4.78, 5) is 4.27. The summed E-state index contributed by atoms with van der Waals surface area (Å²) >= 11 is 0. The molecule has 78 valence electrons. The predicted octanol–water partition coefficient (Wildman–Crippen LogP) is 2.54. The highest BCUT2D eigenvalue weighted by Gasteiger charge is 2.45. The van der Waals surface area contributed by atoms with E-state index in [1.807, 2.05) is 24.5 Å². The zero-order valence-corrected chi connectivity index (χ0v) is 9.07. The first-order chi connectivity index (χ1) is 7.17. The Labute approximate surface area is 89.1 Å². The van der Waals surface area contributed by atoms with Gasteiger partial charge in [-0.1, -0.05) is 19.9 Å². The van der Waals surface area contributed by atoms with Crippen molar-refractivity contribution in [2.24, 2.45) is 5.41 Å². The highest BCUT2D eigenvalue weighted by atomic mass is 15.1. The third-order valence-corrected chi connectivity index (χ3v) is 3.26. The smallest absolute Gasteiger partial charge is 0.138 e. The van der Waals surface area contributed by atoms with Crippen molar-refractivity contribution in [3.63, 3.8) is 0 Å². The number of nitrogens with zero attached hydrogens (tertiary/aromatic N) is 2. The molecule has 2 aromatic heterocycles. The second-order valence-corrected chi connectivity index (χ2v) is 4.96. The van der Waals surface area contributed by atoms with Gasteiger partial charge in [-0.15, -0.1) is 0 Å². The molecule has 0 aromatic carbocycles. The highest BCUT2D eigenvalue weighted by Crippen LogP contribution is 2.46. The molecule has 0 spiro atoms. The lowest BCUT2D eigenvalue weighted by Crippen LogP contribution is -2.10. The predicted molar refractivity (Wildman–Crippen MR) is 61.0 cm³/mol. The standard InChI is InChI=1S/C12H15N3/c1-12(2)8-9(12)14-11-5-3-4-10-13-6-7-15(10)11/h3-7,9,14H,8H2,1-2H3. The molecule has 3 rings (SSSR count). The Kier molecular flexibility index (Phi) is 1.61.